The van der Waals surface area contributed by atoms with Gasteiger partial charge in [-0.05, 0) is 38.1 Å². The number of amides is 1. The minimum atomic E-state index is -0.0639. The first-order valence-electron chi connectivity index (χ1n) is 9.87. The SMILES string of the molecule is COc1ccc2c(CC(=O)N(Cc3nnc(-c4ccccc4Cl)o3)C(C)C)coc2c1. The first-order valence-corrected chi connectivity index (χ1v) is 10.2. The summed E-state index contributed by atoms with van der Waals surface area (Å²) in [5.41, 5.74) is 2.15. The van der Waals surface area contributed by atoms with Crippen molar-refractivity contribution in [2.75, 3.05) is 7.11 Å². The predicted molar refractivity (Wildman–Crippen MR) is 117 cm³/mol. The van der Waals surface area contributed by atoms with Crippen molar-refractivity contribution in [1.29, 1.82) is 0 Å². The van der Waals surface area contributed by atoms with E-state index in [4.69, 9.17) is 25.2 Å². The van der Waals surface area contributed by atoms with Crippen LogP contribution in [0.2, 0.25) is 5.02 Å². The molecule has 7 nitrogen and oxygen atoms in total. The van der Waals surface area contributed by atoms with Gasteiger partial charge in [0.1, 0.15) is 11.3 Å². The summed E-state index contributed by atoms with van der Waals surface area (Å²) in [6.07, 6.45) is 1.81. The number of carbonyl (C=O) groups excluding carboxylic acids is 1. The molecule has 0 atom stereocenters. The molecule has 4 rings (SSSR count). The van der Waals surface area contributed by atoms with Crippen molar-refractivity contribution in [3.8, 4) is 17.2 Å². The Morgan fingerprint density at radius 1 is 1.19 bits per heavy atom. The highest BCUT2D eigenvalue weighted by Crippen LogP contribution is 2.28. The molecule has 0 spiro atoms. The Hall–Kier alpha value is -3.32. The van der Waals surface area contributed by atoms with E-state index in [1.54, 1.807) is 30.4 Å². The summed E-state index contributed by atoms with van der Waals surface area (Å²) in [6.45, 7) is 4.10. The first kappa shape index (κ1) is 20.9. The van der Waals surface area contributed by atoms with Crippen molar-refractivity contribution in [2.24, 2.45) is 0 Å². The van der Waals surface area contributed by atoms with Gasteiger partial charge in [-0.15, -0.1) is 10.2 Å². The minimum absolute atomic E-state index is 0.0542. The van der Waals surface area contributed by atoms with Crippen LogP contribution in [0.3, 0.4) is 0 Å². The second-order valence-corrected chi connectivity index (χ2v) is 7.80. The summed E-state index contributed by atoms with van der Waals surface area (Å²) in [6, 6.07) is 12.7. The molecule has 0 bridgehead atoms. The van der Waals surface area contributed by atoms with E-state index in [2.05, 4.69) is 10.2 Å². The Bertz CT molecular complexity index is 1210. The van der Waals surface area contributed by atoms with E-state index in [1.807, 2.05) is 44.2 Å². The van der Waals surface area contributed by atoms with Gasteiger partial charge in [0.25, 0.3) is 0 Å². The molecule has 160 valence electrons. The quantitative estimate of drug-likeness (QED) is 0.397. The minimum Gasteiger partial charge on any atom is -0.497 e. The van der Waals surface area contributed by atoms with E-state index in [0.717, 1.165) is 10.9 Å². The molecule has 0 aliphatic heterocycles. The van der Waals surface area contributed by atoms with E-state index < -0.39 is 0 Å². The van der Waals surface area contributed by atoms with Crippen LogP contribution >= 0.6 is 11.6 Å². The smallest absolute Gasteiger partial charge is 0.249 e. The largest absolute Gasteiger partial charge is 0.497 e. The molecule has 8 heteroatoms. The highest BCUT2D eigenvalue weighted by molar-refractivity contribution is 6.33. The van der Waals surface area contributed by atoms with E-state index in [1.165, 1.54) is 0 Å². The van der Waals surface area contributed by atoms with Crippen molar-refractivity contribution < 1.29 is 18.4 Å². The van der Waals surface area contributed by atoms with Crippen LogP contribution in [0.25, 0.3) is 22.4 Å². The van der Waals surface area contributed by atoms with Crippen LogP contribution in [0.5, 0.6) is 5.75 Å². The second kappa shape index (κ2) is 8.81. The lowest BCUT2D eigenvalue weighted by Gasteiger charge is -2.25. The van der Waals surface area contributed by atoms with Gasteiger partial charge >= 0.3 is 0 Å². The normalized spacial score (nSPS) is 11.3. The molecule has 0 N–H and O–H groups in total. The van der Waals surface area contributed by atoms with Gasteiger partial charge in [-0.3, -0.25) is 4.79 Å². The summed E-state index contributed by atoms with van der Waals surface area (Å²) in [5, 5.41) is 9.60. The number of furan rings is 1. The summed E-state index contributed by atoms with van der Waals surface area (Å²) in [4.78, 5) is 14.8. The number of rotatable bonds is 7. The molecular formula is C23H22ClN3O4. The van der Waals surface area contributed by atoms with E-state index in [-0.39, 0.29) is 24.9 Å². The van der Waals surface area contributed by atoms with Gasteiger partial charge in [0.2, 0.25) is 17.7 Å². The molecular weight excluding hydrogens is 418 g/mol. The van der Waals surface area contributed by atoms with E-state index in [9.17, 15) is 4.79 Å². The molecule has 2 aromatic carbocycles. The fourth-order valence-corrected chi connectivity index (χ4v) is 3.57. The molecule has 0 fully saturated rings. The number of hydrogen-bond acceptors (Lipinski definition) is 6. The maximum atomic E-state index is 13.1. The van der Waals surface area contributed by atoms with Crippen LogP contribution in [-0.2, 0) is 17.8 Å². The highest BCUT2D eigenvalue weighted by Gasteiger charge is 2.22. The summed E-state index contributed by atoms with van der Waals surface area (Å²) < 4.78 is 16.6. The zero-order valence-corrected chi connectivity index (χ0v) is 18.2. The molecule has 0 unspecified atom stereocenters. The molecule has 0 saturated heterocycles. The number of hydrogen-bond donors (Lipinski definition) is 0. The molecule has 31 heavy (non-hydrogen) atoms. The maximum absolute atomic E-state index is 13.1. The first-order chi connectivity index (χ1) is 15.0. The fraction of sp³-hybridized carbons (Fsp3) is 0.261. The molecule has 0 saturated carbocycles. The van der Waals surface area contributed by atoms with Crippen molar-refractivity contribution >= 4 is 28.5 Å². The Labute approximate surface area is 184 Å². The summed E-state index contributed by atoms with van der Waals surface area (Å²) in [7, 11) is 1.60. The number of carbonyl (C=O) groups is 1. The third-order valence-corrected chi connectivity index (χ3v) is 5.35. The fourth-order valence-electron chi connectivity index (χ4n) is 3.36. The molecule has 2 aromatic heterocycles. The van der Waals surface area contributed by atoms with Crippen LogP contribution in [0.15, 0.2) is 57.6 Å². The van der Waals surface area contributed by atoms with Gasteiger partial charge in [0.05, 0.1) is 36.9 Å². The van der Waals surface area contributed by atoms with Crippen LogP contribution in [0.1, 0.15) is 25.3 Å². The van der Waals surface area contributed by atoms with Gasteiger partial charge in [0.15, 0.2) is 0 Å². The number of methoxy groups -OCH3 is 1. The monoisotopic (exact) mass is 439 g/mol. The van der Waals surface area contributed by atoms with Crippen molar-refractivity contribution in [3.05, 3.63) is 65.2 Å². The molecule has 4 aromatic rings. The zero-order chi connectivity index (χ0) is 22.0. The van der Waals surface area contributed by atoms with Crippen LogP contribution < -0.4 is 4.74 Å². The van der Waals surface area contributed by atoms with Crippen molar-refractivity contribution in [3.63, 3.8) is 0 Å². The highest BCUT2D eigenvalue weighted by atomic mass is 35.5. The molecule has 0 radical (unpaired) electrons. The summed E-state index contributed by atoms with van der Waals surface area (Å²) >= 11 is 6.21. The Morgan fingerprint density at radius 2 is 2.00 bits per heavy atom. The zero-order valence-electron chi connectivity index (χ0n) is 17.5. The Kier molecular flexibility index (Phi) is 5.95. The van der Waals surface area contributed by atoms with Gasteiger partial charge in [-0.1, -0.05) is 23.7 Å². The maximum Gasteiger partial charge on any atom is 0.249 e. The average Bonchev–Trinajstić information content (AvgIpc) is 3.38. The number of halogens is 1. The lowest BCUT2D eigenvalue weighted by atomic mass is 10.1. The van der Waals surface area contributed by atoms with Gasteiger partial charge in [-0.2, -0.15) is 0 Å². The van der Waals surface area contributed by atoms with Crippen LogP contribution in [0.4, 0.5) is 0 Å². The van der Waals surface area contributed by atoms with Crippen LogP contribution in [-0.4, -0.2) is 34.2 Å². The van der Waals surface area contributed by atoms with Crippen molar-refractivity contribution in [1.82, 2.24) is 15.1 Å². The molecule has 0 aliphatic rings. The number of fused-ring (bicyclic) bond motifs is 1. The number of benzene rings is 2. The third-order valence-electron chi connectivity index (χ3n) is 5.02. The lowest BCUT2D eigenvalue weighted by Crippen LogP contribution is -2.37. The number of aromatic nitrogens is 2. The van der Waals surface area contributed by atoms with Crippen LogP contribution in [0, 0.1) is 0 Å². The second-order valence-electron chi connectivity index (χ2n) is 7.40. The van der Waals surface area contributed by atoms with E-state index in [0.29, 0.717) is 33.7 Å². The Balaban J connectivity index is 1.52. The topological polar surface area (TPSA) is 81.6 Å². The number of ether oxygens (including phenoxy) is 1. The van der Waals surface area contributed by atoms with E-state index >= 15 is 0 Å². The average molecular weight is 440 g/mol. The molecule has 0 aliphatic carbocycles. The number of nitrogens with zero attached hydrogens (tertiary/aromatic N) is 3. The van der Waals surface area contributed by atoms with Gasteiger partial charge in [-0.25, -0.2) is 0 Å². The summed E-state index contributed by atoms with van der Waals surface area (Å²) in [5.74, 6) is 1.31. The third kappa shape index (κ3) is 4.41. The van der Waals surface area contributed by atoms with Crippen molar-refractivity contribution in [2.45, 2.75) is 32.9 Å². The molecule has 1 amide bonds. The van der Waals surface area contributed by atoms with Gasteiger partial charge in [0, 0.05) is 23.1 Å². The predicted octanol–water partition coefficient (Wildman–Crippen LogP) is 5.12. The standard InChI is InChI=1S/C23H22ClN3O4/c1-14(2)27(12-21-25-26-23(31-21)18-6-4-5-7-19(18)24)22(28)10-15-13-30-20-11-16(29-3)8-9-17(15)20/h4-9,11,13-14H,10,12H2,1-3H3. The Morgan fingerprint density at radius 3 is 2.74 bits per heavy atom. The molecule has 2 heterocycles. The lowest BCUT2D eigenvalue weighted by molar-refractivity contribution is -0.133. The van der Waals surface area contributed by atoms with Gasteiger partial charge < -0.3 is 18.5 Å².